The summed E-state index contributed by atoms with van der Waals surface area (Å²) in [5.41, 5.74) is 1.75. The van der Waals surface area contributed by atoms with E-state index in [1.165, 1.54) is 38.9 Å². The first kappa shape index (κ1) is 23.5. The van der Waals surface area contributed by atoms with Gasteiger partial charge in [-0.25, -0.2) is 0 Å². The number of hydrogen-bond donors (Lipinski definition) is 2. The van der Waals surface area contributed by atoms with Crippen molar-refractivity contribution in [1.82, 2.24) is 15.5 Å². The molecule has 0 atom stereocenters. The summed E-state index contributed by atoms with van der Waals surface area (Å²) in [6.45, 7) is 5.99. The van der Waals surface area contributed by atoms with E-state index in [0.717, 1.165) is 23.6 Å². The molecule has 29 heavy (non-hydrogen) atoms. The molecule has 5 nitrogen and oxygen atoms in total. The fourth-order valence-electron chi connectivity index (χ4n) is 3.42. The van der Waals surface area contributed by atoms with E-state index in [9.17, 15) is 13.2 Å². The average molecular weight is 415 g/mol. The summed E-state index contributed by atoms with van der Waals surface area (Å²) >= 11 is 0. The number of hydrogen-bond acceptors (Lipinski definition) is 3. The van der Waals surface area contributed by atoms with Crippen LogP contribution in [0.1, 0.15) is 37.3 Å². The second-order valence-electron chi connectivity index (χ2n) is 7.52. The van der Waals surface area contributed by atoms with E-state index in [2.05, 4.69) is 32.2 Å². The van der Waals surface area contributed by atoms with Crippen LogP contribution >= 0.6 is 0 Å². The number of guanidine groups is 1. The maximum absolute atomic E-state index is 12.1. The minimum Gasteiger partial charge on any atom is -0.367 e. The lowest BCUT2D eigenvalue weighted by Crippen LogP contribution is -2.42. The van der Waals surface area contributed by atoms with Crippen LogP contribution in [0.5, 0.6) is 0 Å². The van der Waals surface area contributed by atoms with Gasteiger partial charge in [-0.15, -0.1) is 0 Å². The molecule has 1 aliphatic rings. The zero-order valence-corrected chi connectivity index (χ0v) is 17.4. The Morgan fingerprint density at radius 1 is 1.14 bits per heavy atom. The predicted molar refractivity (Wildman–Crippen MR) is 110 cm³/mol. The predicted octanol–water partition coefficient (Wildman–Crippen LogP) is 3.55. The summed E-state index contributed by atoms with van der Waals surface area (Å²) in [6.07, 6.45) is -0.663. The van der Waals surface area contributed by atoms with E-state index in [1.54, 1.807) is 19.2 Å². The highest BCUT2D eigenvalue weighted by Gasteiger charge is 2.27. The van der Waals surface area contributed by atoms with Crippen LogP contribution < -0.4 is 10.6 Å². The van der Waals surface area contributed by atoms with Gasteiger partial charge < -0.3 is 20.3 Å². The Balaban J connectivity index is 1.67. The number of rotatable bonds is 9. The van der Waals surface area contributed by atoms with Crippen LogP contribution in [0.2, 0.25) is 0 Å². The first-order valence-electron chi connectivity index (χ1n) is 10.3. The van der Waals surface area contributed by atoms with Crippen LogP contribution in [0.15, 0.2) is 29.3 Å². The third-order valence-electron chi connectivity index (χ3n) is 5.05. The number of alkyl halides is 3. The van der Waals surface area contributed by atoms with Crippen molar-refractivity contribution >= 4 is 5.96 Å². The van der Waals surface area contributed by atoms with Crippen molar-refractivity contribution in [2.24, 2.45) is 10.9 Å². The van der Waals surface area contributed by atoms with E-state index >= 15 is 0 Å². The molecule has 0 aliphatic carbocycles. The van der Waals surface area contributed by atoms with Crippen molar-refractivity contribution in [3.05, 3.63) is 35.4 Å². The molecule has 1 aromatic carbocycles. The molecule has 1 saturated heterocycles. The van der Waals surface area contributed by atoms with Gasteiger partial charge in [0.25, 0.3) is 0 Å². The molecule has 164 valence electrons. The van der Waals surface area contributed by atoms with E-state index in [4.69, 9.17) is 0 Å². The molecule has 8 heteroatoms. The summed E-state index contributed by atoms with van der Waals surface area (Å²) in [5, 5.41) is 6.69. The molecule has 0 spiro atoms. The Kier molecular flexibility index (Phi) is 9.73. The van der Waals surface area contributed by atoms with Crippen LogP contribution in [0.25, 0.3) is 0 Å². The monoisotopic (exact) mass is 414 g/mol. The second kappa shape index (κ2) is 12.0. The van der Waals surface area contributed by atoms with Crippen LogP contribution in [0, 0.1) is 5.92 Å². The molecule has 0 saturated carbocycles. The lowest BCUT2D eigenvalue weighted by Gasteiger charge is -2.32. The van der Waals surface area contributed by atoms with E-state index in [0.29, 0.717) is 12.5 Å². The highest BCUT2D eigenvalue weighted by atomic mass is 19.4. The lowest BCUT2D eigenvalue weighted by molar-refractivity contribution is -0.176. The van der Waals surface area contributed by atoms with Crippen molar-refractivity contribution in [3.8, 4) is 0 Å². The molecule has 1 fully saturated rings. The summed E-state index contributed by atoms with van der Waals surface area (Å²) in [5.74, 6) is 1.43. The zero-order valence-electron chi connectivity index (χ0n) is 17.4. The smallest absolute Gasteiger partial charge is 0.367 e. The van der Waals surface area contributed by atoms with Gasteiger partial charge in [0.15, 0.2) is 5.96 Å². The van der Waals surface area contributed by atoms with Gasteiger partial charge in [0.2, 0.25) is 0 Å². The molecule has 1 aliphatic heterocycles. The Labute approximate surface area is 171 Å². The minimum absolute atomic E-state index is 0.0481. The molecule has 0 radical (unpaired) electrons. The van der Waals surface area contributed by atoms with Gasteiger partial charge in [-0.1, -0.05) is 31.2 Å². The summed E-state index contributed by atoms with van der Waals surface area (Å²) in [4.78, 5) is 6.80. The summed E-state index contributed by atoms with van der Waals surface area (Å²) in [6, 6.07) is 7.34. The van der Waals surface area contributed by atoms with Crippen molar-refractivity contribution < 1.29 is 17.9 Å². The molecule has 0 bridgehead atoms. The third kappa shape index (κ3) is 9.49. The molecule has 1 heterocycles. The fourth-order valence-corrected chi connectivity index (χ4v) is 3.42. The largest absolute Gasteiger partial charge is 0.411 e. The fraction of sp³-hybridized carbons (Fsp3) is 0.667. The second-order valence-corrected chi connectivity index (χ2v) is 7.52. The number of piperidine rings is 1. The number of ether oxygens (including phenoxy) is 1. The molecule has 0 unspecified atom stereocenters. The van der Waals surface area contributed by atoms with Gasteiger partial charge in [0.1, 0.15) is 6.61 Å². The highest BCUT2D eigenvalue weighted by Crippen LogP contribution is 2.17. The maximum atomic E-state index is 12.1. The highest BCUT2D eigenvalue weighted by molar-refractivity contribution is 5.79. The molecule has 2 rings (SSSR count). The van der Waals surface area contributed by atoms with Crippen LogP contribution in [-0.4, -0.2) is 56.9 Å². The minimum atomic E-state index is -4.29. The average Bonchev–Trinajstić information content (AvgIpc) is 2.69. The van der Waals surface area contributed by atoms with Crippen LogP contribution in [-0.2, 0) is 17.9 Å². The number of benzene rings is 1. The van der Waals surface area contributed by atoms with Crippen LogP contribution in [0.4, 0.5) is 13.2 Å². The van der Waals surface area contributed by atoms with E-state index < -0.39 is 12.8 Å². The molecule has 0 aromatic heterocycles. The Bertz CT molecular complexity index is 611. The number of nitrogens with one attached hydrogen (secondary N) is 2. The number of aliphatic imine (C=N–C) groups is 1. The summed E-state index contributed by atoms with van der Waals surface area (Å²) < 4.78 is 41.0. The van der Waals surface area contributed by atoms with Gasteiger partial charge in [0, 0.05) is 20.1 Å². The van der Waals surface area contributed by atoms with Crippen molar-refractivity contribution in [2.45, 2.75) is 45.5 Å². The molecule has 1 aromatic rings. The van der Waals surface area contributed by atoms with Gasteiger partial charge in [0.05, 0.1) is 6.61 Å². The van der Waals surface area contributed by atoms with E-state index in [-0.39, 0.29) is 6.61 Å². The first-order chi connectivity index (χ1) is 13.9. The Morgan fingerprint density at radius 3 is 2.38 bits per heavy atom. The number of nitrogens with zero attached hydrogens (tertiary/aromatic N) is 2. The number of halogens is 3. The standard InChI is InChI=1S/C21H33F3N4O/c1-3-10-28-11-8-18(9-12-28)14-27-20(25-2)26-13-17-4-6-19(7-5-17)15-29-16-21(22,23)24/h4-7,18H,3,8-16H2,1-2H3,(H2,25,26,27). The van der Waals surface area contributed by atoms with E-state index in [1.807, 2.05) is 12.1 Å². The van der Waals surface area contributed by atoms with Gasteiger partial charge in [-0.2, -0.15) is 13.2 Å². The quantitative estimate of drug-likeness (QED) is 0.479. The Morgan fingerprint density at radius 2 is 1.79 bits per heavy atom. The molecule has 2 N–H and O–H groups in total. The normalized spacial score (nSPS) is 16.8. The first-order valence-corrected chi connectivity index (χ1v) is 10.3. The van der Waals surface area contributed by atoms with Gasteiger partial charge in [-0.3, -0.25) is 4.99 Å². The Hall–Kier alpha value is -1.80. The molecular formula is C21H33F3N4O. The zero-order chi connectivity index (χ0) is 21.1. The van der Waals surface area contributed by atoms with Crippen molar-refractivity contribution in [2.75, 3.05) is 39.8 Å². The SMILES string of the molecule is CCCN1CCC(CNC(=NC)NCc2ccc(COCC(F)(F)F)cc2)CC1. The summed E-state index contributed by atoms with van der Waals surface area (Å²) in [7, 11) is 1.75. The number of likely N-dealkylation sites (tertiary alicyclic amines) is 1. The lowest BCUT2D eigenvalue weighted by atomic mass is 9.97. The van der Waals surface area contributed by atoms with Crippen molar-refractivity contribution in [1.29, 1.82) is 0 Å². The maximum Gasteiger partial charge on any atom is 0.411 e. The topological polar surface area (TPSA) is 48.9 Å². The molecule has 0 amide bonds. The third-order valence-corrected chi connectivity index (χ3v) is 5.05. The van der Waals surface area contributed by atoms with Gasteiger partial charge >= 0.3 is 6.18 Å². The molecular weight excluding hydrogens is 381 g/mol. The van der Waals surface area contributed by atoms with Crippen molar-refractivity contribution in [3.63, 3.8) is 0 Å². The van der Waals surface area contributed by atoms with Gasteiger partial charge in [-0.05, 0) is 55.9 Å². The van der Waals surface area contributed by atoms with Crippen LogP contribution in [0.3, 0.4) is 0 Å².